The molecule has 0 atom stereocenters. The minimum Gasteiger partial charge on any atom is -0.454 e. The van der Waals surface area contributed by atoms with Gasteiger partial charge in [0.15, 0.2) is 11.5 Å². The summed E-state index contributed by atoms with van der Waals surface area (Å²) in [5.41, 5.74) is 0.603. The largest absolute Gasteiger partial charge is 0.454 e. The molecule has 0 saturated carbocycles. The fraction of sp³-hybridized carbons (Fsp3) is 0.529. The van der Waals surface area contributed by atoms with Gasteiger partial charge in [-0.05, 0) is 37.5 Å². The molecule has 1 aromatic rings. The first-order valence-electron chi connectivity index (χ1n) is 8.40. The lowest BCUT2D eigenvalue weighted by atomic mass is 10.0. The first kappa shape index (κ1) is 16.4. The molecule has 0 unspecified atom stereocenters. The van der Waals surface area contributed by atoms with Crippen LogP contribution >= 0.6 is 0 Å². The van der Waals surface area contributed by atoms with Gasteiger partial charge in [0, 0.05) is 31.2 Å². The summed E-state index contributed by atoms with van der Waals surface area (Å²) in [7, 11) is 0. The molecule has 3 rings (SSSR count). The summed E-state index contributed by atoms with van der Waals surface area (Å²) in [5, 5.41) is 5.77. The molecule has 2 aliphatic heterocycles. The average Bonchev–Trinajstić information content (AvgIpc) is 3.07. The van der Waals surface area contributed by atoms with Crippen molar-refractivity contribution in [3.05, 3.63) is 23.8 Å². The van der Waals surface area contributed by atoms with Crippen LogP contribution in [0.3, 0.4) is 0 Å². The lowest BCUT2D eigenvalue weighted by Crippen LogP contribution is -2.49. The molecule has 7 heteroatoms. The summed E-state index contributed by atoms with van der Waals surface area (Å²) < 4.78 is 10.6. The molecule has 0 bridgehead atoms. The molecular weight excluding hydrogens is 310 g/mol. The maximum atomic E-state index is 12.6. The highest BCUT2D eigenvalue weighted by Crippen LogP contribution is 2.33. The lowest BCUT2D eigenvalue weighted by Gasteiger charge is -2.32. The van der Waals surface area contributed by atoms with Crippen LogP contribution in [0.25, 0.3) is 0 Å². The van der Waals surface area contributed by atoms with E-state index in [9.17, 15) is 9.59 Å². The van der Waals surface area contributed by atoms with Gasteiger partial charge in [-0.15, -0.1) is 0 Å². The second-order valence-corrected chi connectivity index (χ2v) is 6.03. The smallest absolute Gasteiger partial charge is 0.315 e. The van der Waals surface area contributed by atoms with E-state index in [-0.39, 0.29) is 24.8 Å². The van der Waals surface area contributed by atoms with Crippen LogP contribution in [0, 0.1) is 0 Å². The number of urea groups is 1. The molecule has 24 heavy (non-hydrogen) atoms. The molecule has 0 aromatic heterocycles. The number of piperidine rings is 1. The van der Waals surface area contributed by atoms with Gasteiger partial charge in [-0.2, -0.15) is 0 Å². The fourth-order valence-corrected chi connectivity index (χ4v) is 2.91. The third-order valence-electron chi connectivity index (χ3n) is 4.27. The quantitative estimate of drug-likeness (QED) is 0.879. The minimum atomic E-state index is -0.127. The Morgan fingerprint density at radius 3 is 2.71 bits per heavy atom. The van der Waals surface area contributed by atoms with Crippen molar-refractivity contribution in [1.29, 1.82) is 0 Å². The zero-order valence-electron chi connectivity index (χ0n) is 13.8. The van der Waals surface area contributed by atoms with Crippen LogP contribution in [-0.4, -0.2) is 49.3 Å². The normalized spacial score (nSPS) is 16.8. The summed E-state index contributed by atoms with van der Waals surface area (Å²) in [5.74, 6) is 1.28. The Morgan fingerprint density at radius 2 is 1.96 bits per heavy atom. The third kappa shape index (κ3) is 3.72. The minimum absolute atomic E-state index is 0.0119. The predicted molar refractivity (Wildman–Crippen MR) is 88.3 cm³/mol. The van der Waals surface area contributed by atoms with Crippen LogP contribution < -0.4 is 20.1 Å². The van der Waals surface area contributed by atoms with Crippen LogP contribution in [-0.2, 0) is 0 Å². The average molecular weight is 333 g/mol. The SMILES string of the molecule is CCCNC(=O)NC1CCN(C(=O)c2ccc3c(c2)OCO3)CC1. The van der Waals surface area contributed by atoms with E-state index in [2.05, 4.69) is 10.6 Å². The predicted octanol–water partition coefficient (Wildman–Crippen LogP) is 1.73. The van der Waals surface area contributed by atoms with E-state index in [4.69, 9.17) is 9.47 Å². The van der Waals surface area contributed by atoms with Gasteiger partial charge in [-0.3, -0.25) is 4.79 Å². The summed E-state index contributed by atoms with van der Waals surface area (Å²) >= 11 is 0. The van der Waals surface area contributed by atoms with E-state index >= 15 is 0 Å². The number of rotatable bonds is 4. The number of benzene rings is 1. The van der Waals surface area contributed by atoms with E-state index < -0.39 is 0 Å². The molecular formula is C17H23N3O4. The van der Waals surface area contributed by atoms with E-state index in [0.717, 1.165) is 19.3 Å². The highest BCUT2D eigenvalue weighted by Gasteiger charge is 2.25. The molecule has 1 saturated heterocycles. The van der Waals surface area contributed by atoms with Gasteiger partial charge in [0.2, 0.25) is 6.79 Å². The first-order valence-corrected chi connectivity index (χ1v) is 8.40. The number of nitrogens with zero attached hydrogens (tertiary/aromatic N) is 1. The van der Waals surface area contributed by atoms with Gasteiger partial charge < -0.3 is 25.0 Å². The van der Waals surface area contributed by atoms with Crippen molar-refractivity contribution in [2.45, 2.75) is 32.2 Å². The molecule has 0 radical (unpaired) electrons. The molecule has 2 heterocycles. The van der Waals surface area contributed by atoms with E-state index in [1.54, 1.807) is 18.2 Å². The maximum Gasteiger partial charge on any atom is 0.315 e. The lowest BCUT2D eigenvalue weighted by molar-refractivity contribution is 0.0708. The summed E-state index contributed by atoms with van der Waals surface area (Å²) in [4.78, 5) is 26.1. The fourth-order valence-electron chi connectivity index (χ4n) is 2.91. The van der Waals surface area contributed by atoms with Crippen LogP contribution in [0.4, 0.5) is 4.79 Å². The Hall–Kier alpha value is -2.44. The molecule has 0 aliphatic carbocycles. The molecule has 0 spiro atoms. The van der Waals surface area contributed by atoms with Crippen molar-refractivity contribution in [3.63, 3.8) is 0 Å². The Morgan fingerprint density at radius 1 is 1.21 bits per heavy atom. The summed E-state index contributed by atoms with van der Waals surface area (Å²) in [6.45, 7) is 4.15. The topological polar surface area (TPSA) is 79.9 Å². The number of carbonyl (C=O) groups is 2. The van der Waals surface area contributed by atoms with Crippen LogP contribution in [0.5, 0.6) is 11.5 Å². The van der Waals surface area contributed by atoms with Crippen LogP contribution in [0.15, 0.2) is 18.2 Å². The second kappa shape index (κ2) is 7.42. The number of ether oxygens (including phenoxy) is 2. The van der Waals surface area contributed by atoms with Crippen molar-refractivity contribution in [2.24, 2.45) is 0 Å². The Bertz CT molecular complexity index is 612. The maximum absolute atomic E-state index is 12.6. The van der Waals surface area contributed by atoms with Gasteiger partial charge in [0.25, 0.3) is 5.91 Å². The van der Waals surface area contributed by atoms with Gasteiger partial charge in [-0.1, -0.05) is 6.92 Å². The van der Waals surface area contributed by atoms with Crippen LogP contribution in [0.1, 0.15) is 36.5 Å². The highest BCUT2D eigenvalue weighted by atomic mass is 16.7. The first-order chi connectivity index (χ1) is 11.7. The van der Waals surface area contributed by atoms with Crippen molar-refractivity contribution >= 4 is 11.9 Å². The third-order valence-corrected chi connectivity index (χ3v) is 4.27. The Balaban J connectivity index is 1.51. The number of fused-ring (bicyclic) bond motifs is 1. The molecule has 7 nitrogen and oxygen atoms in total. The van der Waals surface area contributed by atoms with E-state index in [0.29, 0.717) is 36.7 Å². The zero-order chi connectivity index (χ0) is 16.9. The standard InChI is InChI=1S/C17H23N3O4/c1-2-7-18-17(22)19-13-5-8-20(9-6-13)16(21)12-3-4-14-15(10-12)24-11-23-14/h3-4,10,13H,2,5-9,11H2,1H3,(H2,18,19,22). The van der Waals surface area contributed by atoms with Crippen molar-refractivity contribution in [3.8, 4) is 11.5 Å². The summed E-state index contributed by atoms with van der Waals surface area (Å²) in [6.07, 6.45) is 2.43. The van der Waals surface area contributed by atoms with Gasteiger partial charge >= 0.3 is 6.03 Å². The van der Waals surface area contributed by atoms with Crippen molar-refractivity contribution in [1.82, 2.24) is 15.5 Å². The van der Waals surface area contributed by atoms with E-state index in [1.807, 2.05) is 11.8 Å². The van der Waals surface area contributed by atoms with Crippen molar-refractivity contribution < 1.29 is 19.1 Å². The number of nitrogens with one attached hydrogen (secondary N) is 2. The van der Waals surface area contributed by atoms with Gasteiger partial charge in [0.05, 0.1) is 0 Å². The zero-order valence-corrected chi connectivity index (χ0v) is 13.8. The molecule has 3 amide bonds. The number of carbonyl (C=O) groups excluding carboxylic acids is 2. The molecule has 1 fully saturated rings. The van der Waals surface area contributed by atoms with Gasteiger partial charge in [-0.25, -0.2) is 4.79 Å². The van der Waals surface area contributed by atoms with Crippen molar-refractivity contribution in [2.75, 3.05) is 26.4 Å². The van der Waals surface area contributed by atoms with E-state index in [1.165, 1.54) is 0 Å². The number of hydrogen-bond donors (Lipinski definition) is 2. The Kier molecular flexibility index (Phi) is 5.08. The van der Waals surface area contributed by atoms with Crippen LogP contribution in [0.2, 0.25) is 0 Å². The molecule has 1 aromatic carbocycles. The molecule has 2 aliphatic rings. The highest BCUT2D eigenvalue weighted by molar-refractivity contribution is 5.95. The summed E-state index contributed by atoms with van der Waals surface area (Å²) in [6, 6.07) is 5.24. The monoisotopic (exact) mass is 333 g/mol. The Labute approximate surface area is 141 Å². The number of amides is 3. The van der Waals surface area contributed by atoms with Gasteiger partial charge in [0.1, 0.15) is 0 Å². The number of hydrogen-bond acceptors (Lipinski definition) is 4. The molecule has 2 N–H and O–H groups in total. The number of likely N-dealkylation sites (tertiary alicyclic amines) is 1. The second-order valence-electron chi connectivity index (χ2n) is 6.03. The molecule has 130 valence electrons.